The van der Waals surface area contributed by atoms with Gasteiger partial charge in [-0.2, -0.15) is 5.10 Å². The molecule has 1 N–H and O–H groups in total. The Hall–Kier alpha value is -4.07. The first-order valence-electron chi connectivity index (χ1n) is 9.93. The van der Waals surface area contributed by atoms with E-state index in [9.17, 15) is 4.39 Å². The summed E-state index contributed by atoms with van der Waals surface area (Å²) in [7, 11) is 0. The third kappa shape index (κ3) is 3.75. The molecule has 8 heteroatoms. The van der Waals surface area contributed by atoms with E-state index in [-0.39, 0.29) is 11.9 Å². The zero-order valence-electron chi connectivity index (χ0n) is 17.1. The predicted molar refractivity (Wildman–Crippen MR) is 117 cm³/mol. The van der Waals surface area contributed by atoms with Crippen LogP contribution in [0.15, 0.2) is 73.2 Å². The number of hydrogen-bond acceptors (Lipinski definition) is 5. The lowest BCUT2D eigenvalue weighted by Crippen LogP contribution is -2.08. The van der Waals surface area contributed by atoms with Crippen LogP contribution in [0.25, 0.3) is 22.7 Å². The van der Waals surface area contributed by atoms with Crippen molar-refractivity contribution in [2.45, 2.75) is 19.9 Å². The maximum Gasteiger partial charge on any atom is 0.155 e. The highest BCUT2D eigenvalue weighted by molar-refractivity contribution is 5.66. The average molecular weight is 413 g/mol. The fourth-order valence-electron chi connectivity index (χ4n) is 3.50. The molecular weight excluding hydrogens is 393 g/mol. The molecule has 1 aromatic carbocycles. The van der Waals surface area contributed by atoms with Crippen LogP contribution in [0.3, 0.4) is 0 Å². The highest BCUT2D eigenvalue weighted by Gasteiger charge is 2.16. The summed E-state index contributed by atoms with van der Waals surface area (Å²) in [4.78, 5) is 8.85. The summed E-state index contributed by atoms with van der Waals surface area (Å²) in [6, 6.07) is 18.1. The summed E-state index contributed by atoms with van der Waals surface area (Å²) < 4.78 is 16.8. The number of benzene rings is 1. The van der Waals surface area contributed by atoms with Crippen molar-refractivity contribution in [1.29, 1.82) is 0 Å². The van der Waals surface area contributed by atoms with Crippen LogP contribution in [0.2, 0.25) is 0 Å². The second-order valence-electron chi connectivity index (χ2n) is 7.36. The van der Waals surface area contributed by atoms with E-state index in [4.69, 9.17) is 5.10 Å². The van der Waals surface area contributed by atoms with Gasteiger partial charge in [-0.05, 0) is 55.8 Å². The summed E-state index contributed by atoms with van der Waals surface area (Å²) in [5, 5.41) is 12.4. The lowest BCUT2D eigenvalue weighted by molar-refractivity contribution is 0.626. The third-order valence-electron chi connectivity index (χ3n) is 5.10. The largest absolute Gasteiger partial charge is 0.362 e. The van der Waals surface area contributed by atoms with Gasteiger partial charge in [0.1, 0.15) is 18.0 Å². The molecule has 5 aromatic rings. The lowest BCUT2D eigenvalue weighted by Gasteiger charge is -2.13. The second-order valence-corrected chi connectivity index (χ2v) is 7.36. The Balaban J connectivity index is 1.57. The van der Waals surface area contributed by atoms with Crippen molar-refractivity contribution in [2.24, 2.45) is 0 Å². The number of hydrogen-bond donors (Lipinski definition) is 1. The second kappa shape index (κ2) is 7.64. The van der Waals surface area contributed by atoms with Crippen molar-refractivity contribution >= 4 is 11.5 Å². The fourth-order valence-corrected chi connectivity index (χ4v) is 3.50. The van der Waals surface area contributed by atoms with Crippen molar-refractivity contribution in [3.8, 4) is 17.1 Å². The molecule has 0 aliphatic rings. The molecule has 0 aliphatic heterocycles. The van der Waals surface area contributed by atoms with Crippen molar-refractivity contribution in [1.82, 2.24) is 29.4 Å². The number of anilines is 1. The molecule has 5 rings (SSSR count). The van der Waals surface area contributed by atoms with Crippen LogP contribution in [-0.2, 0) is 0 Å². The number of aryl methyl sites for hydroxylation is 1. The Morgan fingerprint density at radius 1 is 1.03 bits per heavy atom. The fraction of sp³-hybridized carbons (Fsp3) is 0.130. The molecule has 0 bridgehead atoms. The van der Waals surface area contributed by atoms with Gasteiger partial charge >= 0.3 is 0 Å². The molecule has 154 valence electrons. The molecule has 0 radical (unpaired) electrons. The highest BCUT2D eigenvalue weighted by Crippen LogP contribution is 2.28. The zero-order chi connectivity index (χ0) is 21.4. The number of halogens is 1. The maximum atomic E-state index is 13.3. The number of aromatic nitrogens is 6. The normalized spacial score (nSPS) is 12.2. The summed E-state index contributed by atoms with van der Waals surface area (Å²) in [6.45, 7) is 3.96. The SMILES string of the molecule is Cc1cccc(-n2nc(NC(C)c3ccc(F)cc3)cc2-c2ccc3ncnn3c2)n1. The van der Waals surface area contributed by atoms with E-state index in [0.29, 0.717) is 5.82 Å². The molecule has 0 spiro atoms. The number of rotatable bonds is 5. The maximum absolute atomic E-state index is 13.3. The average Bonchev–Trinajstić information content (AvgIpc) is 3.40. The van der Waals surface area contributed by atoms with Gasteiger partial charge in [-0.1, -0.05) is 18.2 Å². The van der Waals surface area contributed by atoms with Crippen LogP contribution in [0.4, 0.5) is 10.2 Å². The van der Waals surface area contributed by atoms with Gasteiger partial charge in [0.25, 0.3) is 0 Å². The van der Waals surface area contributed by atoms with Crippen LogP contribution >= 0.6 is 0 Å². The number of fused-ring (bicyclic) bond motifs is 1. The summed E-state index contributed by atoms with van der Waals surface area (Å²) in [6.07, 6.45) is 3.44. The lowest BCUT2D eigenvalue weighted by atomic mass is 10.1. The van der Waals surface area contributed by atoms with E-state index in [2.05, 4.69) is 20.4 Å². The van der Waals surface area contributed by atoms with Gasteiger partial charge in [-0.15, -0.1) is 5.10 Å². The molecule has 0 amide bonds. The summed E-state index contributed by atoms with van der Waals surface area (Å²) in [5.74, 6) is 1.15. The highest BCUT2D eigenvalue weighted by atomic mass is 19.1. The Bertz CT molecular complexity index is 1350. The Labute approximate surface area is 178 Å². The topological polar surface area (TPSA) is 72.9 Å². The monoisotopic (exact) mass is 413 g/mol. The van der Waals surface area contributed by atoms with Gasteiger partial charge in [0.05, 0.1) is 11.7 Å². The van der Waals surface area contributed by atoms with Crippen molar-refractivity contribution in [2.75, 3.05) is 5.32 Å². The minimum absolute atomic E-state index is 0.0555. The van der Waals surface area contributed by atoms with E-state index in [0.717, 1.165) is 34.0 Å². The minimum atomic E-state index is -0.253. The van der Waals surface area contributed by atoms with Crippen molar-refractivity contribution in [3.63, 3.8) is 0 Å². The molecule has 0 aliphatic carbocycles. The van der Waals surface area contributed by atoms with Crippen LogP contribution in [0.5, 0.6) is 0 Å². The standard InChI is InChI=1S/C23H20FN7/c1-15-4-3-5-23(27-15)31-20(18-8-11-22-25-14-26-30(22)13-18)12-21(29-31)28-16(2)17-6-9-19(24)10-7-17/h3-14,16H,1-2H3,(H,28,29). The quantitative estimate of drug-likeness (QED) is 0.456. The number of nitrogens with one attached hydrogen (secondary N) is 1. The van der Waals surface area contributed by atoms with Crippen LogP contribution in [0, 0.1) is 12.7 Å². The third-order valence-corrected chi connectivity index (χ3v) is 5.10. The molecule has 31 heavy (non-hydrogen) atoms. The first kappa shape index (κ1) is 18.9. The molecule has 0 saturated carbocycles. The molecule has 4 heterocycles. The Morgan fingerprint density at radius 2 is 1.87 bits per heavy atom. The van der Waals surface area contributed by atoms with Crippen LogP contribution in [0.1, 0.15) is 24.2 Å². The molecule has 1 unspecified atom stereocenters. The van der Waals surface area contributed by atoms with Gasteiger partial charge in [-0.3, -0.25) is 0 Å². The molecule has 0 saturated heterocycles. The van der Waals surface area contributed by atoms with E-state index >= 15 is 0 Å². The van der Waals surface area contributed by atoms with E-state index < -0.39 is 0 Å². The first-order valence-corrected chi connectivity index (χ1v) is 9.93. The van der Waals surface area contributed by atoms with Gasteiger partial charge in [0.15, 0.2) is 11.5 Å². The number of pyridine rings is 2. The molecule has 0 fully saturated rings. The first-order chi connectivity index (χ1) is 15.1. The van der Waals surface area contributed by atoms with E-state index in [1.165, 1.54) is 18.5 Å². The smallest absolute Gasteiger partial charge is 0.155 e. The molecule has 1 atom stereocenters. The molecular formula is C23H20FN7. The summed E-state index contributed by atoms with van der Waals surface area (Å²) >= 11 is 0. The number of nitrogens with zero attached hydrogens (tertiary/aromatic N) is 6. The van der Waals surface area contributed by atoms with Gasteiger partial charge in [0.2, 0.25) is 0 Å². The van der Waals surface area contributed by atoms with E-state index in [1.807, 2.05) is 61.1 Å². The van der Waals surface area contributed by atoms with Gasteiger partial charge in [0, 0.05) is 23.5 Å². The Kier molecular flexibility index (Phi) is 4.66. The summed E-state index contributed by atoms with van der Waals surface area (Å²) in [5.41, 5.74) is 4.43. The van der Waals surface area contributed by atoms with Crippen molar-refractivity contribution < 1.29 is 4.39 Å². The van der Waals surface area contributed by atoms with Gasteiger partial charge in [-0.25, -0.2) is 23.6 Å². The van der Waals surface area contributed by atoms with Gasteiger partial charge < -0.3 is 5.32 Å². The minimum Gasteiger partial charge on any atom is -0.362 e. The van der Waals surface area contributed by atoms with Crippen LogP contribution < -0.4 is 5.32 Å². The van der Waals surface area contributed by atoms with Crippen molar-refractivity contribution in [3.05, 3.63) is 90.3 Å². The van der Waals surface area contributed by atoms with Crippen LogP contribution in [-0.4, -0.2) is 29.4 Å². The molecule has 4 aromatic heterocycles. The van der Waals surface area contributed by atoms with E-state index in [1.54, 1.807) is 16.6 Å². The predicted octanol–water partition coefficient (Wildman–Crippen LogP) is 4.60. The zero-order valence-corrected chi connectivity index (χ0v) is 17.1. The molecule has 7 nitrogen and oxygen atoms in total. The Morgan fingerprint density at radius 3 is 2.68 bits per heavy atom.